The fourth-order valence-electron chi connectivity index (χ4n) is 2.31. The first-order chi connectivity index (χ1) is 10.9. The van der Waals surface area contributed by atoms with Crippen LogP contribution in [0.5, 0.6) is 11.5 Å². The minimum atomic E-state index is -0.156. The second kappa shape index (κ2) is 7.82. The molecule has 0 radical (unpaired) electrons. The van der Waals surface area contributed by atoms with Gasteiger partial charge in [-0.25, -0.2) is 0 Å². The van der Waals surface area contributed by atoms with Gasteiger partial charge in [-0.15, -0.1) is 0 Å². The summed E-state index contributed by atoms with van der Waals surface area (Å²) in [6.45, 7) is 5.31. The van der Waals surface area contributed by atoms with Gasteiger partial charge in [0.25, 0.3) is 11.8 Å². The third-order valence-corrected chi connectivity index (χ3v) is 3.20. The van der Waals surface area contributed by atoms with Gasteiger partial charge in [0, 0.05) is 17.8 Å². The van der Waals surface area contributed by atoms with Gasteiger partial charge in [-0.1, -0.05) is 0 Å². The molecule has 1 aromatic rings. The predicted octanol–water partition coefficient (Wildman–Crippen LogP) is -0.564. The summed E-state index contributed by atoms with van der Waals surface area (Å²) in [4.78, 5) is 24.5. The quantitative estimate of drug-likeness (QED) is 0.656. The van der Waals surface area contributed by atoms with Crippen molar-refractivity contribution in [3.63, 3.8) is 0 Å². The summed E-state index contributed by atoms with van der Waals surface area (Å²) in [5.41, 5.74) is 0.652. The first-order valence-electron chi connectivity index (χ1n) is 7.74. The molecule has 7 nitrogen and oxygen atoms in total. The molecule has 7 heteroatoms. The van der Waals surface area contributed by atoms with Gasteiger partial charge in [0.05, 0.1) is 7.05 Å². The number of quaternary nitrogens is 1. The smallest absolute Gasteiger partial charge is 0.279 e. The lowest BCUT2D eigenvalue weighted by Crippen LogP contribution is -3.11. The molecule has 0 saturated carbocycles. The van der Waals surface area contributed by atoms with Crippen LogP contribution in [-0.4, -0.2) is 51.2 Å². The molecule has 1 aliphatic rings. The van der Waals surface area contributed by atoms with E-state index >= 15 is 0 Å². The van der Waals surface area contributed by atoms with E-state index in [0.29, 0.717) is 30.4 Å². The summed E-state index contributed by atoms with van der Waals surface area (Å²) in [6.07, 6.45) is 0. The minimum Gasteiger partial charge on any atom is -0.486 e. The molecule has 0 bridgehead atoms. The maximum atomic E-state index is 12.1. The zero-order valence-corrected chi connectivity index (χ0v) is 13.8. The van der Waals surface area contributed by atoms with Gasteiger partial charge in [-0.05, 0) is 26.0 Å². The van der Waals surface area contributed by atoms with E-state index in [-0.39, 0.29) is 30.9 Å². The summed E-state index contributed by atoms with van der Waals surface area (Å²) in [5, 5.41) is 5.62. The van der Waals surface area contributed by atoms with Gasteiger partial charge in [-0.3, -0.25) is 9.59 Å². The second-order valence-corrected chi connectivity index (χ2v) is 5.94. The van der Waals surface area contributed by atoms with Gasteiger partial charge in [0.1, 0.15) is 13.2 Å². The number of likely N-dealkylation sites (N-methyl/N-ethyl adjacent to an activating group) is 1. The Labute approximate surface area is 135 Å². The molecule has 0 saturated heterocycles. The number of benzene rings is 1. The van der Waals surface area contributed by atoms with Crippen LogP contribution in [0.2, 0.25) is 0 Å². The highest BCUT2D eigenvalue weighted by Gasteiger charge is 2.16. The van der Waals surface area contributed by atoms with Crippen molar-refractivity contribution in [1.29, 1.82) is 0 Å². The third kappa shape index (κ3) is 5.45. The van der Waals surface area contributed by atoms with Crippen LogP contribution in [0.4, 0.5) is 5.69 Å². The number of fused-ring (bicyclic) bond motifs is 1. The van der Waals surface area contributed by atoms with Crippen molar-refractivity contribution in [1.82, 2.24) is 5.32 Å². The monoisotopic (exact) mass is 322 g/mol. The number of carbonyl (C=O) groups excluding carboxylic acids is 2. The molecule has 0 aromatic heterocycles. The highest BCUT2D eigenvalue weighted by Crippen LogP contribution is 2.32. The molecule has 1 atom stereocenters. The van der Waals surface area contributed by atoms with E-state index in [1.54, 1.807) is 18.2 Å². The van der Waals surface area contributed by atoms with Crippen LogP contribution in [0.15, 0.2) is 18.2 Å². The largest absolute Gasteiger partial charge is 0.486 e. The zero-order chi connectivity index (χ0) is 16.8. The van der Waals surface area contributed by atoms with Crippen molar-refractivity contribution < 1.29 is 24.0 Å². The molecule has 0 spiro atoms. The van der Waals surface area contributed by atoms with E-state index < -0.39 is 0 Å². The molecule has 1 heterocycles. The van der Waals surface area contributed by atoms with E-state index in [2.05, 4.69) is 10.6 Å². The van der Waals surface area contributed by atoms with Crippen LogP contribution in [0.25, 0.3) is 0 Å². The lowest BCUT2D eigenvalue weighted by molar-refractivity contribution is -0.862. The van der Waals surface area contributed by atoms with Crippen LogP contribution in [0.1, 0.15) is 13.8 Å². The molecule has 3 N–H and O–H groups in total. The highest BCUT2D eigenvalue weighted by atomic mass is 16.6. The first-order valence-corrected chi connectivity index (χ1v) is 7.74. The number of rotatable bonds is 6. The molecule has 2 rings (SSSR count). The van der Waals surface area contributed by atoms with Crippen LogP contribution in [-0.2, 0) is 9.59 Å². The van der Waals surface area contributed by atoms with Crippen molar-refractivity contribution in [2.45, 2.75) is 19.9 Å². The Morgan fingerprint density at radius 3 is 2.48 bits per heavy atom. The number of amides is 2. The van der Waals surface area contributed by atoms with Crippen molar-refractivity contribution in [2.75, 3.05) is 38.7 Å². The first kappa shape index (κ1) is 17.1. The minimum absolute atomic E-state index is 0.0652. The molecule has 126 valence electrons. The number of anilines is 1. The lowest BCUT2D eigenvalue weighted by atomic mass is 10.2. The van der Waals surface area contributed by atoms with Gasteiger partial charge >= 0.3 is 0 Å². The fourth-order valence-corrected chi connectivity index (χ4v) is 2.31. The molecule has 0 fully saturated rings. The number of nitrogens with one attached hydrogen (secondary N) is 3. The molecule has 23 heavy (non-hydrogen) atoms. The maximum absolute atomic E-state index is 12.1. The zero-order valence-electron chi connectivity index (χ0n) is 13.8. The Morgan fingerprint density at radius 2 is 1.78 bits per heavy atom. The molecule has 2 amide bonds. The standard InChI is InChI=1S/C16H23N3O4/c1-11(2)17-15(20)9-19(3)10-16(21)18-12-4-5-13-14(8-12)23-7-6-22-13/h4-5,8,11H,6-7,9-10H2,1-3H3,(H,17,20)(H,18,21)/p+1. The highest BCUT2D eigenvalue weighted by molar-refractivity contribution is 5.92. The van der Waals surface area contributed by atoms with Crippen LogP contribution >= 0.6 is 0 Å². The lowest BCUT2D eigenvalue weighted by Gasteiger charge is -2.19. The normalized spacial score (nSPS) is 14.3. The number of carbonyl (C=O) groups is 2. The number of ether oxygens (including phenoxy) is 2. The molecule has 1 aliphatic heterocycles. The number of hydrogen-bond acceptors (Lipinski definition) is 4. The van der Waals surface area contributed by atoms with Crippen molar-refractivity contribution in [3.05, 3.63) is 18.2 Å². The summed E-state index contributed by atoms with van der Waals surface area (Å²) in [6, 6.07) is 5.39. The second-order valence-electron chi connectivity index (χ2n) is 5.94. The maximum Gasteiger partial charge on any atom is 0.279 e. The topological polar surface area (TPSA) is 81.1 Å². The van der Waals surface area contributed by atoms with E-state index in [9.17, 15) is 9.59 Å². The molecule has 1 unspecified atom stereocenters. The third-order valence-electron chi connectivity index (χ3n) is 3.20. The van der Waals surface area contributed by atoms with E-state index in [0.717, 1.165) is 4.90 Å². The van der Waals surface area contributed by atoms with Crippen molar-refractivity contribution >= 4 is 17.5 Å². The van der Waals surface area contributed by atoms with Crippen molar-refractivity contribution in [2.24, 2.45) is 0 Å². The van der Waals surface area contributed by atoms with Crippen LogP contribution < -0.4 is 25.0 Å². The molecule has 0 aliphatic carbocycles. The van der Waals surface area contributed by atoms with Gasteiger partial charge in [0.15, 0.2) is 24.6 Å². The van der Waals surface area contributed by atoms with Crippen LogP contribution in [0, 0.1) is 0 Å². The van der Waals surface area contributed by atoms with Crippen LogP contribution in [0.3, 0.4) is 0 Å². The van der Waals surface area contributed by atoms with Gasteiger partial charge in [-0.2, -0.15) is 0 Å². The Bertz CT molecular complexity index is 574. The van der Waals surface area contributed by atoms with E-state index in [4.69, 9.17) is 9.47 Å². The average Bonchev–Trinajstić information content (AvgIpc) is 2.45. The summed E-state index contributed by atoms with van der Waals surface area (Å²) < 4.78 is 10.9. The Balaban J connectivity index is 1.83. The molecular weight excluding hydrogens is 298 g/mol. The Morgan fingerprint density at radius 1 is 1.13 bits per heavy atom. The predicted molar refractivity (Wildman–Crippen MR) is 86.0 cm³/mol. The molecular formula is C16H24N3O4+. The van der Waals surface area contributed by atoms with E-state index in [1.807, 2.05) is 20.9 Å². The van der Waals surface area contributed by atoms with Gasteiger partial charge in [0.2, 0.25) is 0 Å². The van der Waals surface area contributed by atoms with Crippen molar-refractivity contribution in [3.8, 4) is 11.5 Å². The van der Waals surface area contributed by atoms with E-state index in [1.165, 1.54) is 0 Å². The summed E-state index contributed by atoms with van der Waals surface area (Å²) in [7, 11) is 1.81. The number of hydrogen-bond donors (Lipinski definition) is 3. The SMILES string of the molecule is CC(C)NC(=O)C[NH+](C)CC(=O)Nc1ccc2c(c1)OCCO2. The Kier molecular flexibility index (Phi) is 5.81. The van der Waals surface area contributed by atoms with Gasteiger partial charge < -0.3 is 25.0 Å². The molecule has 1 aromatic carbocycles. The summed E-state index contributed by atoms with van der Waals surface area (Å²) in [5.74, 6) is 1.09. The fraction of sp³-hybridized carbons (Fsp3) is 0.500. The summed E-state index contributed by atoms with van der Waals surface area (Å²) >= 11 is 0. The Hall–Kier alpha value is -2.28. The average molecular weight is 322 g/mol.